The molecule has 0 fully saturated rings. The van der Waals surface area contributed by atoms with Gasteiger partial charge in [-0.1, -0.05) is 6.92 Å². The summed E-state index contributed by atoms with van der Waals surface area (Å²) in [7, 11) is 0. The Kier molecular flexibility index (Phi) is 3.58. The van der Waals surface area contributed by atoms with Crippen LogP contribution in [0.15, 0.2) is 6.20 Å². The molecule has 0 saturated heterocycles. The van der Waals surface area contributed by atoms with Crippen molar-refractivity contribution in [1.82, 2.24) is 9.55 Å². The van der Waals surface area contributed by atoms with Crippen LogP contribution in [0.2, 0.25) is 0 Å². The van der Waals surface area contributed by atoms with E-state index in [-0.39, 0.29) is 5.82 Å². The maximum Gasteiger partial charge on any atom is 0.342 e. The third-order valence-corrected chi connectivity index (χ3v) is 1.93. The van der Waals surface area contributed by atoms with Gasteiger partial charge in [-0.05, 0) is 11.3 Å². The van der Waals surface area contributed by atoms with Crippen LogP contribution in [0.4, 0.5) is 5.82 Å². The Morgan fingerprint density at radius 3 is 2.93 bits per heavy atom. The van der Waals surface area contributed by atoms with Crippen LogP contribution in [0.1, 0.15) is 19.2 Å². The monoisotopic (exact) mass is 198 g/mol. The molecule has 0 aromatic carbocycles. The number of imidazole rings is 1. The summed E-state index contributed by atoms with van der Waals surface area (Å²) >= 11 is 0. The number of aryl methyl sites for hydroxylation is 1. The van der Waals surface area contributed by atoms with Crippen molar-refractivity contribution in [3.63, 3.8) is 0 Å². The Hall–Kier alpha value is -1.43. The van der Waals surface area contributed by atoms with E-state index >= 15 is 0 Å². The molecule has 0 aliphatic heterocycles. The van der Waals surface area contributed by atoms with Crippen molar-refractivity contribution in [2.45, 2.75) is 26.3 Å². The summed E-state index contributed by atoms with van der Waals surface area (Å²) in [5, 5.41) is 10.6. The van der Waals surface area contributed by atoms with E-state index in [0.29, 0.717) is 13.1 Å². The molecule has 14 heavy (non-hydrogen) atoms. The molecular weight excluding hydrogens is 184 g/mol. The van der Waals surface area contributed by atoms with Gasteiger partial charge in [0.1, 0.15) is 12.7 Å². The van der Waals surface area contributed by atoms with Gasteiger partial charge in [0.2, 0.25) is 0 Å². The lowest BCUT2D eigenvalue weighted by molar-refractivity contribution is -0.392. The van der Waals surface area contributed by atoms with E-state index in [4.69, 9.17) is 5.73 Å². The van der Waals surface area contributed by atoms with Crippen LogP contribution in [0.5, 0.6) is 0 Å². The molecule has 0 amide bonds. The van der Waals surface area contributed by atoms with Gasteiger partial charge in [0, 0.05) is 13.0 Å². The van der Waals surface area contributed by atoms with Gasteiger partial charge >= 0.3 is 5.82 Å². The Morgan fingerprint density at radius 1 is 1.71 bits per heavy atom. The van der Waals surface area contributed by atoms with E-state index in [1.165, 1.54) is 6.20 Å². The fraction of sp³-hybridized carbons (Fsp3) is 0.625. The lowest BCUT2D eigenvalue weighted by Crippen LogP contribution is -2.14. The number of hydrogen-bond acceptors (Lipinski definition) is 4. The first-order valence-corrected chi connectivity index (χ1v) is 4.59. The molecule has 1 aromatic rings. The van der Waals surface area contributed by atoms with Gasteiger partial charge in [0.25, 0.3) is 0 Å². The maximum atomic E-state index is 10.6. The minimum Gasteiger partial charge on any atom is -0.358 e. The van der Waals surface area contributed by atoms with Crippen LogP contribution < -0.4 is 5.73 Å². The molecule has 1 aromatic heterocycles. The second-order valence-electron chi connectivity index (χ2n) is 2.98. The third kappa shape index (κ3) is 2.08. The molecular formula is C8H14N4O2. The first-order valence-electron chi connectivity index (χ1n) is 4.59. The zero-order chi connectivity index (χ0) is 10.6. The van der Waals surface area contributed by atoms with Crippen LogP contribution in [0.25, 0.3) is 0 Å². The molecule has 2 N–H and O–H groups in total. The normalized spacial score (nSPS) is 10.4. The highest BCUT2D eigenvalue weighted by molar-refractivity contribution is 5.19. The molecule has 0 saturated carbocycles. The number of nitrogens with two attached hydrogens (primary N) is 1. The summed E-state index contributed by atoms with van der Waals surface area (Å²) in [5.74, 6) is 0.767. The fourth-order valence-corrected chi connectivity index (χ4v) is 1.35. The number of nitrogens with zero attached hydrogens (tertiary/aromatic N) is 3. The van der Waals surface area contributed by atoms with E-state index in [0.717, 1.165) is 18.7 Å². The van der Waals surface area contributed by atoms with E-state index in [2.05, 4.69) is 4.98 Å². The van der Waals surface area contributed by atoms with Crippen molar-refractivity contribution in [3.8, 4) is 0 Å². The van der Waals surface area contributed by atoms with Crippen molar-refractivity contribution in [2.24, 2.45) is 5.73 Å². The van der Waals surface area contributed by atoms with Crippen molar-refractivity contribution in [3.05, 3.63) is 22.1 Å². The van der Waals surface area contributed by atoms with Crippen LogP contribution in [0, 0.1) is 10.1 Å². The van der Waals surface area contributed by atoms with Gasteiger partial charge < -0.3 is 15.8 Å². The van der Waals surface area contributed by atoms with Crippen molar-refractivity contribution < 1.29 is 4.92 Å². The summed E-state index contributed by atoms with van der Waals surface area (Å²) < 4.78 is 1.57. The zero-order valence-electron chi connectivity index (χ0n) is 8.14. The smallest absolute Gasteiger partial charge is 0.342 e. The van der Waals surface area contributed by atoms with Crippen molar-refractivity contribution in [2.75, 3.05) is 6.54 Å². The lowest BCUT2D eigenvalue weighted by atomic mass is 10.3. The van der Waals surface area contributed by atoms with Crippen LogP contribution in [0.3, 0.4) is 0 Å². The highest BCUT2D eigenvalue weighted by Gasteiger charge is 2.18. The molecule has 0 radical (unpaired) electrons. The summed E-state index contributed by atoms with van der Waals surface area (Å²) in [6.45, 7) is 2.84. The highest BCUT2D eigenvalue weighted by Crippen LogP contribution is 2.14. The standard InChI is InChI=1S/C8H14N4O2/c1-2-3-7-10-6-8(12(13)14)11(7)5-4-9/h6H,2-5,9H2,1H3. The van der Waals surface area contributed by atoms with Gasteiger partial charge in [-0.3, -0.25) is 0 Å². The Morgan fingerprint density at radius 2 is 2.43 bits per heavy atom. The fourth-order valence-electron chi connectivity index (χ4n) is 1.35. The second-order valence-corrected chi connectivity index (χ2v) is 2.98. The van der Waals surface area contributed by atoms with Crippen LogP contribution in [-0.2, 0) is 13.0 Å². The van der Waals surface area contributed by atoms with Crippen LogP contribution >= 0.6 is 0 Å². The molecule has 0 spiro atoms. The topological polar surface area (TPSA) is 87.0 Å². The van der Waals surface area contributed by atoms with Gasteiger partial charge in [0.15, 0.2) is 5.82 Å². The summed E-state index contributed by atoms with van der Waals surface area (Å²) in [6.07, 6.45) is 2.95. The average Bonchev–Trinajstić information content (AvgIpc) is 2.50. The van der Waals surface area contributed by atoms with E-state index in [1.54, 1.807) is 4.57 Å². The Bertz CT molecular complexity index is 321. The van der Waals surface area contributed by atoms with Gasteiger partial charge in [0.05, 0.1) is 0 Å². The Labute approximate surface area is 81.9 Å². The van der Waals surface area contributed by atoms with Crippen molar-refractivity contribution >= 4 is 5.82 Å². The highest BCUT2D eigenvalue weighted by atomic mass is 16.6. The predicted molar refractivity (Wildman–Crippen MR) is 51.9 cm³/mol. The van der Waals surface area contributed by atoms with Gasteiger partial charge in [-0.15, -0.1) is 0 Å². The Balaban J connectivity index is 3.00. The van der Waals surface area contributed by atoms with E-state index in [1.807, 2.05) is 6.92 Å². The molecule has 1 rings (SSSR count). The molecule has 1 heterocycles. The summed E-state index contributed by atoms with van der Waals surface area (Å²) in [6, 6.07) is 0. The molecule has 0 bridgehead atoms. The molecule has 6 heteroatoms. The maximum absolute atomic E-state index is 10.6. The zero-order valence-corrected chi connectivity index (χ0v) is 8.14. The van der Waals surface area contributed by atoms with E-state index in [9.17, 15) is 10.1 Å². The quantitative estimate of drug-likeness (QED) is 0.557. The first kappa shape index (κ1) is 10.6. The number of aromatic nitrogens is 2. The molecule has 0 atom stereocenters. The predicted octanol–water partition coefficient (Wildman–Crippen LogP) is 0.703. The number of rotatable bonds is 5. The van der Waals surface area contributed by atoms with Crippen molar-refractivity contribution in [1.29, 1.82) is 0 Å². The van der Waals surface area contributed by atoms with Crippen LogP contribution in [-0.4, -0.2) is 21.0 Å². The second kappa shape index (κ2) is 4.71. The number of nitro groups is 1. The molecule has 0 aliphatic rings. The molecule has 0 aliphatic carbocycles. The molecule has 0 unspecified atom stereocenters. The minimum absolute atomic E-state index is 0.0268. The number of hydrogen-bond donors (Lipinski definition) is 1. The SMILES string of the molecule is CCCc1ncc([N+](=O)[O-])n1CCN. The van der Waals surface area contributed by atoms with Gasteiger partial charge in [-0.2, -0.15) is 0 Å². The van der Waals surface area contributed by atoms with Gasteiger partial charge in [-0.25, -0.2) is 9.55 Å². The molecule has 6 nitrogen and oxygen atoms in total. The molecule has 78 valence electrons. The third-order valence-electron chi connectivity index (χ3n) is 1.93. The van der Waals surface area contributed by atoms with E-state index < -0.39 is 4.92 Å². The largest absolute Gasteiger partial charge is 0.358 e. The first-order chi connectivity index (χ1) is 6.70. The average molecular weight is 198 g/mol. The minimum atomic E-state index is -0.429. The summed E-state index contributed by atoms with van der Waals surface area (Å²) in [5.41, 5.74) is 5.38. The summed E-state index contributed by atoms with van der Waals surface area (Å²) in [4.78, 5) is 14.2. The lowest BCUT2D eigenvalue weighted by Gasteiger charge is -2.01.